The van der Waals surface area contributed by atoms with E-state index in [0.717, 1.165) is 54.9 Å². The molecule has 3 heterocycles. The maximum Gasteiger partial charge on any atom is 0.160 e. The van der Waals surface area contributed by atoms with Gasteiger partial charge in [-0.3, -0.25) is 0 Å². The highest BCUT2D eigenvalue weighted by molar-refractivity contribution is 5.76. The van der Waals surface area contributed by atoms with Gasteiger partial charge in [-0.05, 0) is 73.6 Å². The fraction of sp³-hybridized carbons (Fsp3) is 0.333. The molecule has 4 heteroatoms. The van der Waals surface area contributed by atoms with Crippen LogP contribution in [0.4, 0.5) is 11.4 Å². The zero-order valence-electron chi connectivity index (χ0n) is 18.7. The minimum absolute atomic E-state index is 0.811. The Morgan fingerprint density at radius 3 is 2.61 bits per heavy atom. The molecule has 1 aliphatic rings. The predicted molar refractivity (Wildman–Crippen MR) is 128 cm³/mol. The van der Waals surface area contributed by atoms with Crippen LogP contribution in [-0.2, 0) is 25.8 Å². The largest absolute Gasteiger partial charge is 0.355 e. The summed E-state index contributed by atoms with van der Waals surface area (Å²) in [7, 11) is 0. The molecular weight excluding hydrogens is 380 g/mol. The Labute approximate surface area is 184 Å². The van der Waals surface area contributed by atoms with Crippen LogP contribution < -0.4 is 5.32 Å². The molecule has 0 bridgehead atoms. The number of unbranched alkanes of at least 4 members (excludes halogenated alkanes) is 1. The Hall–Kier alpha value is -3.14. The number of fused-ring (bicyclic) bond motifs is 3. The first-order valence-electron chi connectivity index (χ1n) is 11.4. The van der Waals surface area contributed by atoms with E-state index in [2.05, 4.69) is 79.2 Å². The number of pyridine rings is 1. The quantitative estimate of drug-likeness (QED) is 0.421. The number of benzene rings is 2. The Balaban J connectivity index is 1.51. The smallest absolute Gasteiger partial charge is 0.160 e. The molecule has 2 aromatic heterocycles. The Bertz CT molecular complexity index is 1250. The van der Waals surface area contributed by atoms with Crippen molar-refractivity contribution in [3.05, 3.63) is 82.3 Å². The van der Waals surface area contributed by atoms with Gasteiger partial charge in [0.05, 0.1) is 6.54 Å². The minimum atomic E-state index is 0.811. The predicted octanol–water partition coefficient (Wildman–Crippen LogP) is 6.28. The number of aromatic nitrogens is 3. The lowest BCUT2D eigenvalue weighted by Gasteiger charge is -2.13. The SMILES string of the molecule is CCCCc1nc2c(C)cc(C)nc2n1Cc1ccc2c(c1)CCc1ccccc1N2. The number of rotatable bonds is 5. The third kappa shape index (κ3) is 3.83. The summed E-state index contributed by atoms with van der Waals surface area (Å²) in [6.45, 7) is 7.26. The zero-order valence-corrected chi connectivity index (χ0v) is 18.7. The summed E-state index contributed by atoms with van der Waals surface area (Å²) in [5.74, 6) is 1.15. The second kappa shape index (κ2) is 8.18. The highest BCUT2D eigenvalue weighted by atomic mass is 15.1. The van der Waals surface area contributed by atoms with Crippen LogP contribution in [0, 0.1) is 13.8 Å². The number of nitrogens with one attached hydrogen (secondary N) is 1. The van der Waals surface area contributed by atoms with E-state index in [9.17, 15) is 0 Å². The van der Waals surface area contributed by atoms with Crippen molar-refractivity contribution in [2.75, 3.05) is 5.32 Å². The van der Waals surface area contributed by atoms with E-state index in [1.54, 1.807) is 0 Å². The van der Waals surface area contributed by atoms with Crippen LogP contribution in [0.1, 0.15) is 53.5 Å². The average molecular weight is 411 g/mol. The summed E-state index contributed by atoms with van der Waals surface area (Å²) >= 11 is 0. The zero-order chi connectivity index (χ0) is 21.4. The van der Waals surface area contributed by atoms with Gasteiger partial charge in [0.2, 0.25) is 0 Å². The Morgan fingerprint density at radius 1 is 0.935 bits per heavy atom. The van der Waals surface area contributed by atoms with Crippen molar-refractivity contribution in [3.8, 4) is 0 Å². The lowest BCUT2D eigenvalue weighted by Crippen LogP contribution is -2.07. The monoisotopic (exact) mass is 410 g/mol. The van der Waals surface area contributed by atoms with Crippen molar-refractivity contribution >= 4 is 22.5 Å². The van der Waals surface area contributed by atoms with Crippen LogP contribution in [0.25, 0.3) is 11.2 Å². The number of nitrogens with zero attached hydrogens (tertiary/aromatic N) is 3. The van der Waals surface area contributed by atoms with Gasteiger partial charge in [-0.2, -0.15) is 0 Å². The average Bonchev–Trinajstić information content (AvgIpc) is 2.98. The van der Waals surface area contributed by atoms with E-state index in [-0.39, 0.29) is 0 Å². The molecule has 158 valence electrons. The van der Waals surface area contributed by atoms with Gasteiger partial charge >= 0.3 is 0 Å². The van der Waals surface area contributed by atoms with Crippen molar-refractivity contribution in [2.24, 2.45) is 0 Å². The fourth-order valence-corrected chi connectivity index (χ4v) is 4.67. The molecule has 0 spiro atoms. The Kier molecular flexibility index (Phi) is 5.23. The van der Waals surface area contributed by atoms with Gasteiger partial charge < -0.3 is 9.88 Å². The lowest BCUT2D eigenvalue weighted by molar-refractivity contribution is 0.686. The summed E-state index contributed by atoms with van der Waals surface area (Å²) in [5.41, 5.74) is 10.9. The number of anilines is 2. The fourth-order valence-electron chi connectivity index (χ4n) is 4.67. The first kappa shape index (κ1) is 19.8. The molecule has 0 atom stereocenters. The first-order chi connectivity index (χ1) is 15.1. The molecule has 0 saturated heterocycles. The van der Waals surface area contributed by atoms with E-state index in [0.29, 0.717) is 0 Å². The molecule has 5 rings (SSSR count). The first-order valence-corrected chi connectivity index (χ1v) is 11.4. The summed E-state index contributed by atoms with van der Waals surface area (Å²) in [4.78, 5) is 9.88. The Morgan fingerprint density at radius 2 is 1.74 bits per heavy atom. The van der Waals surface area contributed by atoms with Crippen molar-refractivity contribution in [1.82, 2.24) is 14.5 Å². The summed E-state index contributed by atoms with van der Waals surface area (Å²) in [5, 5.41) is 3.64. The summed E-state index contributed by atoms with van der Waals surface area (Å²) in [6, 6.07) is 17.6. The van der Waals surface area contributed by atoms with Crippen LogP contribution in [0.15, 0.2) is 48.5 Å². The molecule has 0 unspecified atom stereocenters. The summed E-state index contributed by atoms with van der Waals surface area (Å²) in [6.07, 6.45) is 5.42. The molecule has 0 saturated carbocycles. The number of hydrogen-bond donors (Lipinski definition) is 1. The molecule has 0 amide bonds. The van der Waals surface area contributed by atoms with E-state index in [1.165, 1.54) is 40.0 Å². The van der Waals surface area contributed by atoms with Crippen molar-refractivity contribution in [1.29, 1.82) is 0 Å². The molecule has 0 aliphatic carbocycles. The van der Waals surface area contributed by atoms with Gasteiger partial charge in [-0.1, -0.05) is 43.7 Å². The molecule has 1 N–H and O–H groups in total. The van der Waals surface area contributed by atoms with E-state index >= 15 is 0 Å². The standard InChI is InChI=1S/C27H30N4/c1-4-5-10-25-30-26-18(2)15-19(3)28-27(26)31(25)17-20-11-14-24-22(16-20)13-12-21-8-6-7-9-23(21)29-24/h6-9,11,14-16,29H,4-5,10,12-13,17H2,1-3H3. The van der Waals surface area contributed by atoms with Gasteiger partial charge in [-0.25, -0.2) is 9.97 Å². The van der Waals surface area contributed by atoms with Gasteiger partial charge in [-0.15, -0.1) is 0 Å². The number of imidazole rings is 1. The molecule has 1 aliphatic heterocycles. The topological polar surface area (TPSA) is 42.7 Å². The maximum atomic E-state index is 5.00. The van der Waals surface area contributed by atoms with Crippen molar-refractivity contribution < 1.29 is 0 Å². The molecule has 4 nitrogen and oxygen atoms in total. The highest BCUT2D eigenvalue weighted by Gasteiger charge is 2.17. The summed E-state index contributed by atoms with van der Waals surface area (Å²) < 4.78 is 2.34. The van der Waals surface area contributed by atoms with Gasteiger partial charge in [0, 0.05) is 23.5 Å². The molecular formula is C27H30N4. The third-order valence-electron chi connectivity index (χ3n) is 6.32. The number of para-hydroxylation sites is 1. The maximum absolute atomic E-state index is 5.00. The molecule has 31 heavy (non-hydrogen) atoms. The molecule has 2 aromatic carbocycles. The van der Waals surface area contributed by atoms with E-state index < -0.39 is 0 Å². The van der Waals surface area contributed by atoms with E-state index in [4.69, 9.17) is 9.97 Å². The van der Waals surface area contributed by atoms with E-state index in [1.807, 2.05) is 0 Å². The molecule has 4 aromatic rings. The highest BCUT2D eigenvalue weighted by Crippen LogP contribution is 2.31. The van der Waals surface area contributed by atoms with Crippen LogP contribution in [0.3, 0.4) is 0 Å². The van der Waals surface area contributed by atoms with Crippen molar-refractivity contribution in [2.45, 2.75) is 59.4 Å². The van der Waals surface area contributed by atoms with Crippen LogP contribution in [0.2, 0.25) is 0 Å². The second-order valence-electron chi connectivity index (χ2n) is 8.74. The number of aryl methyl sites for hydroxylation is 5. The van der Waals surface area contributed by atoms with Crippen molar-refractivity contribution in [3.63, 3.8) is 0 Å². The van der Waals surface area contributed by atoms with Gasteiger partial charge in [0.25, 0.3) is 0 Å². The minimum Gasteiger partial charge on any atom is -0.355 e. The molecule has 0 radical (unpaired) electrons. The lowest BCUT2D eigenvalue weighted by atomic mass is 10.0. The number of hydrogen-bond acceptors (Lipinski definition) is 3. The van der Waals surface area contributed by atoms with Crippen LogP contribution >= 0.6 is 0 Å². The van der Waals surface area contributed by atoms with Crippen LogP contribution in [-0.4, -0.2) is 14.5 Å². The second-order valence-corrected chi connectivity index (χ2v) is 8.74. The normalized spacial score (nSPS) is 12.9. The van der Waals surface area contributed by atoms with Gasteiger partial charge in [0.1, 0.15) is 11.3 Å². The third-order valence-corrected chi connectivity index (χ3v) is 6.32. The van der Waals surface area contributed by atoms with Crippen LogP contribution in [0.5, 0.6) is 0 Å². The molecule has 0 fully saturated rings. The van der Waals surface area contributed by atoms with Gasteiger partial charge in [0.15, 0.2) is 5.65 Å².